The SMILES string of the molecule is Cc1ccc(CC(O)Cn2cnc3ccccc32)cc1. The number of para-hydroxylation sites is 2. The fourth-order valence-corrected chi connectivity index (χ4v) is 2.44. The molecule has 3 heteroatoms. The molecule has 1 aromatic heterocycles. The van der Waals surface area contributed by atoms with Crippen molar-refractivity contribution in [3.8, 4) is 0 Å². The molecule has 0 saturated carbocycles. The molecule has 1 atom stereocenters. The summed E-state index contributed by atoms with van der Waals surface area (Å²) in [6, 6.07) is 16.3. The topological polar surface area (TPSA) is 38.0 Å². The van der Waals surface area contributed by atoms with Crippen LogP contribution in [0.15, 0.2) is 54.9 Å². The first kappa shape index (κ1) is 12.9. The van der Waals surface area contributed by atoms with E-state index >= 15 is 0 Å². The summed E-state index contributed by atoms with van der Waals surface area (Å²) in [6.07, 6.45) is 2.05. The molecular formula is C17H18N2O. The number of aliphatic hydroxyl groups excluding tert-OH is 1. The minimum absolute atomic E-state index is 0.407. The Morgan fingerprint density at radius 1 is 1.10 bits per heavy atom. The number of aliphatic hydroxyl groups is 1. The van der Waals surface area contributed by atoms with E-state index in [1.165, 1.54) is 5.56 Å². The number of nitrogens with zero attached hydrogens (tertiary/aromatic N) is 2. The number of rotatable bonds is 4. The van der Waals surface area contributed by atoms with Crippen LogP contribution in [0, 0.1) is 6.92 Å². The molecule has 0 spiro atoms. The molecule has 3 nitrogen and oxygen atoms in total. The highest BCUT2D eigenvalue weighted by Crippen LogP contribution is 2.14. The molecule has 0 aliphatic heterocycles. The standard InChI is InChI=1S/C17H18N2O/c1-13-6-8-14(9-7-13)10-15(20)11-19-12-18-16-4-2-3-5-17(16)19/h2-9,12,15,20H,10-11H2,1H3. The van der Waals surface area contributed by atoms with Gasteiger partial charge in [-0.05, 0) is 24.6 Å². The molecule has 2 aromatic carbocycles. The van der Waals surface area contributed by atoms with Gasteiger partial charge in [0.1, 0.15) is 0 Å². The van der Waals surface area contributed by atoms with Crippen molar-refractivity contribution < 1.29 is 5.11 Å². The first-order valence-corrected chi connectivity index (χ1v) is 6.86. The van der Waals surface area contributed by atoms with E-state index in [0.717, 1.165) is 16.6 Å². The van der Waals surface area contributed by atoms with E-state index in [2.05, 4.69) is 36.2 Å². The molecule has 0 aliphatic carbocycles. The first-order chi connectivity index (χ1) is 9.72. The van der Waals surface area contributed by atoms with Crippen molar-refractivity contribution in [2.24, 2.45) is 0 Å². The smallest absolute Gasteiger partial charge is 0.0959 e. The van der Waals surface area contributed by atoms with E-state index in [1.54, 1.807) is 6.33 Å². The molecule has 0 saturated heterocycles. The van der Waals surface area contributed by atoms with Gasteiger partial charge >= 0.3 is 0 Å². The molecule has 3 rings (SSSR count). The number of hydrogen-bond donors (Lipinski definition) is 1. The maximum Gasteiger partial charge on any atom is 0.0959 e. The minimum Gasteiger partial charge on any atom is -0.391 e. The number of imidazole rings is 1. The summed E-state index contributed by atoms with van der Waals surface area (Å²) in [5, 5.41) is 10.3. The Morgan fingerprint density at radius 3 is 2.65 bits per heavy atom. The number of fused-ring (bicyclic) bond motifs is 1. The summed E-state index contributed by atoms with van der Waals surface area (Å²) in [6.45, 7) is 2.63. The van der Waals surface area contributed by atoms with Crippen molar-refractivity contribution in [3.63, 3.8) is 0 Å². The Kier molecular flexibility index (Phi) is 3.52. The van der Waals surface area contributed by atoms with E-state index in [0.29, 0.717) is 13.0 Å². The van der Waals surface area contributed by atoms with E-state index in [-0.39, 0.29) is 0 Å². The lowest BCUT2D eigenvalue weighted by Crippen LogP contribution is -2.18. The van der Waals surface area contributed by atoms with Crippen molar-refractivity contribution in [2.45, 2.75) is 26.0 Å². The number of benzene rings is 2. The Bertz CT molecular complexity index is 700. The molecular weight excluding hydrogens is 248 g/mol. The molecule has 1 N–H and O–H groups in total. The van der Waals surface area contributed by atoms with Crippen molar-refractivity contribution in [1.29, 1.82) is 0 Å². The molecule has 20 heavy (non-hydrogen) atoms. The predicted octanol–water partition coefficient (Wildman–Crippen LogP) is 2.95. The van der Waals surface area contributed by atoms with Crippen LogP contribution < -0.4 is 0 Å². The second kappa shape index (κ2) is 5.47. The van der Waals surface area contributed by atoms with Gasteiger partial charge in [-0.15, -0.1) is 0 Å². The Labute approximate surface area is 118 Å². The third kappa shape index (κ3) is 2.73. The van der Waals surface area contributed by atoms with Gasteiger partial charge in [-0.2, -0.15) is 0 Å². The summed E-state index contributed by atoms with van der Waals surface area (Å²) in [5.74, 6) is 0. The lowest BCUT2D eigenvalue weighted by Gasteiger charge is -2.12. The lowest BCUT2D eigenvalue weighted by atomic mass is 10.1. The van der Waals surface area contributed by atoms with Crippen LogP contribution in [0.5, 0.6) is 0 Å². The zero-order valence-electron chi connectivity index (χ0n) is 11.5. The van der Waals surface area contributed by atoms with Gasteiger partial charge in [-0.3, -0.25) is 0 Å². The van der Waals surface area contributed by atoms with Crippen LogP contribution in [0.1, 0.15) is 11.1 Å². The van der Waals surface area contributed by atoms with Gasteiger partial charge in [-0.1, -0.05) is 42.0 Å². The normalized spacial score (nSPS) is 12.7. The maximum absolute atomic E-state index is 10.3. The molecule has 1 unspecified atom stereocenters. The maximum atomic E-state index is 10.3. The van der Waals surface area contributed by atoms with Crippen LogP contribution in [0.2, 0.25) is 0 Å². The van der Waals surface area contributed by atoms with Gasteiger partial charge in [0.05, 0.1) is 30.0 Å². The van der Waals surface area contributed by atoms with Gasteiger partial charge in [0.2, 0.25) is 0 Å². The van der Waals surface area contributed by atoms with Crippen LogP contribution in [0.25, 0.3) is 11.0 Å². The summed E-state index contributed by atoms with van der Waals surface area (Å²) in [4.78, 5) is 4.34. The Hall–Kier alpha value is -2.13. The van der Waals surface area contributed by atoms with Gasteiger partial charge in [0.25, 0.3) is 0 Å². The highest BCUT2D eigenvalue weighted by molar-refractivity contribution is 5.74. The largest absolute Gasteiger partial charge is 0.391 e. The third-order valence-electron chi connectivity index (χ3n) is 3.53. The van der Waals surface area contributed by atoms with E-state index in [9.17, 15) is 5.11 Å². The molecule has 0 amide bonds. The zero-order valence-corrected chi connectivity index (χ0v) is 11.5. The number of aryl methyl sites for hydroxylation is 1. The molecule has 0 bridgehead atoms. The van der Waals surface area contributed by atoms with Gasteiger partial charge in [0, 0.05) is 6.42 Å². The summed E-state index contributed by atoms with van der Waals surface area (Å²) >= 11 is 0. The Balaban J connectivity index is 1.72. The quantitative estimate of drug-likeness (QED) is 0.788. The van der Waals surface area contributed by atoms with Gasteiger partial charge in [0.15, 0.2) is 0 Å². The molecule has 102 valence electrons. The minimum atomic E-state index is -0.407. The summed E-state index contributed by atoms with van der Waals surface area (Å²) < 4.78 is 2.01. The molecule has 0 radical (unpaired) electrons. The van der Waals surface area contributed by atoms with E-state index < -0.39 is 6.10 Å². The monoisotopic (exact) mass is 266 g/mol. The number of aromatic nitrogens is 2. The molecule has 1 heterocycles. The predicted molar refractivity (Wildman–Crippen MR) is 80.6 cm³/mol. The highest BCUT2D eigenvalue weighted by Gasteiger charge is 2.09. The van der Waals surface area contributed by atoms with Crippen LogP contribution >= 0.6 is 0 Å². The first-order valence-electron chi connectivity index (χ1n) is 6.86. The highest BCUT2D eigenvalue weighted by atomic mass is 16.3. The van der Waals surface area contributed by atoms with Crippen LogP contribution in [0.3, 0.4) is 0 Å². The average Bonchev–Trinajstić information content (AvgIpc) is 2.85. The summed E-state index contributed by atoms with van der Waals surface area (Å²) in [5.41, 5.74) is 4.43. The van der Waals surface area contributed by atoms with Crippen molar-refractivity contribution >= 4 is 11.0 Å². The van der Waals surface area contributed by atoms with Crippen molar-refractivity contribution in [1.82, 2.24) is 9.55 Å². The fraction of sp³-hybridized carbons (Fsp3) is 0.235. The third-order valence-corrected chi connectivity index (χ3v) is 3.53. The number of hydrogen-bond acceptors (Lipinski definition) is 2. The molecule has 3 aromatic rings. The van der Waals surface area contributed by atoms with Gasteiger partial charge in [-0.25, -0.2) is 4.98 Å². The zero-order chi connectivity index (χ0) is 13.9. The summed E-state index contributed by atoms with van der Waals surface area (Å²) in [7, 11) is 0. The lowest BCUT2D eigenvalue weighted by molar-refractivity contribution is 0.155. The van der Waals surface area contributed by atoms with Crippen molar-refractivity contribution in [3.05, 3.63) is 66.0 Å². The van der Waals surface area contributed by atoms with Crippen LogP contribution in [0.4, 0.5) is 0 Å². The second-order valence-electron chi connectivity index (χ2n) is 5.23. The van der Waals surface area contributed by atoms with Crippen LogP contribution in [-0.2, 0) is 13.0 Å². The Morgan fingerprint density at radius 2 is 1.85 bits per heavy atom. The van der Waals surface area contributed by atoms with E-state index in [4.69, 9.17) is 0 Å². The second-order valence-corrected chi connectivity index (χ2v) is 5.23. The van der Waals surface area contributed by atoms with Crippen LogP contribution in [-0.4, -0.2) is 20.8 Å². The average molecular weight is 266 g/mol. The molecule has 0 fully saturated rings. The molecule has 0 aliphatic rings. The fourth-order valence-electron chi connectivity index (χ4n) is 2.44. The van der Waals surface area contributed by atoms with Gasteiger partial charge < -0.3 is 9.67 Å². The van der Waals surface area contributed by atoms with E-state index in [1.807, 2.05) is 28.8 Å². The van der Waals surface area contributed by atoms with Crippen molar-refractivity contribution in [2.75, 3.05) is 0 Å².